The van der Waals surface area contributed by atoms with Gasteiger partial charge in [0, 0.05) is 24.2 Å². The largest absolute Gasteiger partial charge is 0.371 e. The zero-order valence-corrected chi connectivity index (χ0v) is 21.0. The van der Waals surface area contributed by atoms with Gasteiger partial charge in [0.2, 0.25) is 15.9 Å². The number of thiazole rings is 1. The van der Waals surface area contributed by atoms with Gasteiger partial charge in [0.1, 0.15) is 5.69 Å². The Morgan fingerprint density at radius 2 is 1.94 bits per heavy atom. The highest BCUT2D eigenvalue weighted by atomic mass is 32.2. The lowest BCUT2D eigenvalue weighted by Crippen LogP contribution is -2.32. The highest BCUT2D eigenvalue weighted by Crippen LogP contribution is 2.29. The molecule has 0 aromatic carbocycles. The fourth-order valence-corrected chi connectivity index (χ4v) is 4.96. The molecule has 3 aromatic rings. The summed E-state index contributed by atoms with van der Waals surface area (Å²) in [6.07, 6.45) is 6.49. The molecule has 12 heteroatoms. The van der Waals surface area contributed by atoms with Gasteiger partial charge in [-0.1, -0.05) is 12.1 Å². The molecular weight excluding hydrogens is 490 g/mol. The molecule has 0 aliphatic carbocycles. The van der Waals surface area contributed by atoms with Crippen molar-refractivity contribution in [1.82, 2.24) is 19.3 Å². The molecule has 0 fully saturated rings. The Bertz CT molecular complexity index is 1390. The van der Waals surface area contributed by atoms with Crippen molar-refractivity contribution >= 4 is 43.9 Å². The van der Waals surface area contributed by atoms with E-state index < -0.39 is 21.8 Å². The average molecular weight is 516 g/mol. The number of aromatic nitrogens is 3. The number of carbonyl (C=O) groups excluding carboxylic acids is 2. The maximum absolute atomic E-state index is 12.3. The second-order valence-corrected chi connectivity index (χ2v) is 11.0. The molecule has 1 aliphatic heterocycles. The Kier molecular flexibility index (Phi) is 7.15. The number of amides is 2. The van der Waals surface area contributed by atoms with Crippen molar-refractivity contribution < 1.29 is 22.7 Å². The van der Waals surface area contributed by atoms with Crippen LogP contribution in [0.3, 0.4) is 0 Å². The predicted octanol–water partition coefficient (Wildman–Crippen LogP) is 2.76. The van der Waals surface area contributed by atoms with Crippen LogP contribution in [0.4, 0.5) is 5.13 Å². The second-order valence-electron chi connectivity index (χ2n) is 8.22. The van der Waals surface area contributed by atoms with E-state index in [1.54, 1.807) is 5.38 Å². The third-order valence-corrected chi connectivity index (χ3v) is 6.95. The molecule has 1 aliphatic rings. The molecule has 0 saturated heterocycles. The van der Waals surface area contributed by atoms with Gasteiger partial charge in [-0.25, -0.2) is 18.4 Å². The lowest BCUT2D eigenvalue weighted by Gasteiger charge is -2.24. The van der Waals surface area contributed by atoms with Crippen molar-refractivity contribution in [3.05, 3.63) is 59.4 Å². The van der Waals surface area contributed by atoms with E-state index in [0.717, 1.165) is 27.9 Å². The van der Waals surface area contributed by atoms with Crippen LogP contribution in [0.1, 0.15) is 36.3 Å². The summed E-state index contributed by atoms with van der Waals surface area (Å²) in [5.74, 6) is -1.02. The standard InChI is InChI=1S/C23H25N5O5S2/c1-14-9-17(10-15(2)33-14)18-5-4-6-19(25-18)20-13-34-23(26-20)27-21(29)11-24-22(30)16-7-8-28(12-16)35(3,31)32/h4-9,12-15H,10-11H2,1-3H3,(H,24,30)(H,26,27,29)/t14-,15+/m1/s1. The molecule has 3 aromatic heterocycles. The first-order chi connectivity index (χ1) is 16.6. The third kappa shape index (κ3) is 6.21. The minimum atomic E-state index is -3.49. The monoisotopic (exact) mass is 515 g/mol. The lowest BCUT2D eigenvalue weighted by atomic mass is 10.00. The Morgan fingerprint density at radius 3 is 2.66 bits per heavy atom. The van der Waals surface area contributed by atoms with Crippen LogP contribution in [-0.2, 0) is 19.6 Å². The van der Waals surface area contributed by atoms with Gasteiger partial charge >= 0.3 is 0 Å². The van der Waals surface area contributed by atoms with Crippen molar-refractivity contribution in [2.45, 2.75) is 32.5 Å². The van der Waals surface area contributed by atoms with Crippen LogP contribution in [0.5, 0.6) is 0 Å². The number of anilines is 1. The summed E-state index contributed by atoms with van der Waals surface area (Å²) in [6.45, 7) is 3.75. The first-order valence-corrected chi connectivity index (χ1v) is 13.6. The SMILES string of the molecule is C[C@@H]1C=C(c2cccc(-c3csc(NC(=O)CNC(=O)c4ccn(S(C)(=O)=O)c4)n3)n2)C[C@H](C)O1. The maximum atomic E-state index is 12.3. The zero-order chi connectivity index (χ0) is 25.2. The van der Waals surface area contributed by atoms with Gasteiger partial charge in [-0.05, 0) is 37.6 Å². The molecule has 35 heavy (non-hydrogen) atoms. The number of nitrogens with one attached hydrogen (secondary N) is 2. The van der Waals surface area contributed by atoms with Crippen molar-refractivity contribution in [3.8, 4) is 11.4 Å². The topological polar surface area (TPSA) is 132 Å². The minimum Gasteiger partial charge on any atom is -0.371 e. The third-order valence-electron chi connectivity index (χ3n) is 5.20. The Morgan fingerprint density at radius 1 is 1.17 bits per heavy atom. The summed E-state index contributed by atoms with van der Waals surface area (Å²) in [6, 6.07) is 7.11. The molecule has 2 amide bonds. The number of ether oxygens (including phenoxy) is 1. The number of nitrogens with zero attached hydrogens (tertiary/aromatic N) is 3. The van der Waals surface area contributed by atoms with Crippen LogP contribution in [-0.4, -0.2) is 59.2 Å². The summed E-state index contributed by atoms with van der Waals surface area (Å²) < 4.78 is 29.7. The number of hydrogen-bond acceptors (Lipinski definition) is 8. The van der Waals surface area contributed by atoms with Gasteiger partial charge < -0.3 is 15.4 Å². The fraction of sp³-hybridized carbons (Fsp3) is 0.304. The molecule has 2 N–H and O–H groups in total. The zero-order valence-electron chi connectivity index (χ0n) is 19.4. The predicted molar refractivity (Wildman–Crippen MR) is 134 cm³/mol. The Labute approximate surface area is 207 Å². The molecule has 0 saturated carbocycles. The van der Waals surface area contributed by atoms with Crippen LogP contribution in [0.25, 0.3) is 17.0 Å². The van der Waals surface area contributed by atoms with E-state index in [9.17, 15) is 18.0 Å². The maximum Gasteiger partial charge on any atom is 0.253 e. The molecule has 0 spiro atoms. The van der Waals surface area contributed by atoms with Crippen molar-refractivity contribution in [3.63, 3.8) is 0 Å². The van der Waals surface area contributed by atoms with Crippen LogP contribution in [0.2, 0.25) is 0 Å². The number of pyridine rings is 1. The van der Waals surface area contributed by atoms with Crippen LogP contribution < -0.4 is 10.6 Å². The molecule has 184 valence electrons. The highest BCUT2D eigenvalue weighted by Gasteiger charge is 2.19. The van der Waals surface area contributed by atoms with Crippen LogP contribution >= 0.6 is 11.3 Å². The fourth-order valence-electron chi connectivity index (χ4n) is 3.65. The minimum absolute atomic E-state index is 0.0281. The normalized spacial score (nSPS) is 18.1. The summed E-state index contributed by atoms with van der Waals surface area (Å²) in [7, 11) is -3.49. The van der Waals surface area contributed by atoms with Gasteiger partial charge in [0.15, 0.2) is 5.13 Å². The van der Waals surface area contributed by atoms with E-state index >= 15 is 0 Å². The van der Waals surface area contributed by atoms with E-state index in [0.29, 0.717) is 16.5 Å². The van der Waals surface area contributed by atoms with Crippen LogP contribution in [0.15, 0.2) is 48.1 Å². The van der Waals surface area contributed by atoms with Gasteiger partial charge in [-0.15, -0.1) is 11.3 Å². The summed E-state index contributed by atoms with van der Waals surface area (Å²) >= 11 is 1.25. The lowest BCUT2D eigenvalue weighted by molar-refractivity contribution is -0.115. The molecule has 4 heterocycles. The van der Waals surface area contributed by atoms with E-state index in [1.807, 2.05) is 32.0 Å². The van der Waals surface area contributed by atoms with E-state index in [1.165, 1.54) is 29.8 Å². The molecular formula is C23H25N5O5S2. The summed E-state index contributed by atoms with van der Waals surface area (Å²) in [4.78, 5) is 33.7. The number of hydrogen-bond donors (Lipinski definition) is 2. The van der Waals surface area contributed by atoms with Gasteiger partial charge in [0.25, 0.3) is 5.91 Å². The average Bonchev–Trinajstić information content (AvgIpc) is 3.47. The van der Waals surface area contributed by atoms with E-state index in [-0.39, 0.29) is 24.3 Å². The smallest absolute Gasteiger partial charge is 0.253 e. The Hall–Kier alpha value is -3.35. The molecule has 2 atom stereocenters. The molecule has 0 unspecified atom stereocenters. The first-order valence-electron chi connectivity index (χ1n) is 10.8. The highest BCUT2D eigenvalue weighted by molar-refractivity contribution is 7.89. The van der Waals surface area contributed by atoms with Crippen LogP contribution in [0, 0.1) is 0 Å². The first kappa shape index (κ1) is 24.8. The second kappa shape index (κ2) is 10.1. The number of carbonyl (C=O) groups is 2. The van der Waals surface area contributed by atoms with Gasteiger partial charge in [-0.3, -0.25) is 13.6 Å². The molecule has 0 bridgehead atoms. The quantitative estimate of drug-likeness (QED) is 0.494. The van der Waals surface area contributed by atoms with Gasteiger partial charge in [-0.2, -0.15) is 0 Å². The molecule has 10 nitrogen and oxygen atoms in total. The number of rotatable bonds is 7. The Balaban J connectivity index is 1.36. The molecule has 0 radical (unpaired) electrons. The van der Waals surface area contributed by atoms with Crippen molar-refractivity contribution in [2.24, 2.45) is 0 Å². The van der Waals surface area contributed by atoms with E-state index in [4.69, 9.17) is 9.72 Å². The van der Waals surface area contributed by atoms with Crippen molar-refractivity contribution in [2.75, 3.05) is 18.1 Å². The summed E-state index contributed by atoms with van der Waals surface area (Å²) in [5.41, 5.74) is 3.46. The van der Waals surface area contributed by atoms with Gasteiger partial charge in [0.05, 0.1) is 42.0 Å². The molecule has 4 rings (SSSR count). The van der Waals surface area contributed by atoms with E-state index in [2.05, 4.69) is 21.7 Å². The van der Waals surface area contributed by atoms with Crippen molar-refractivity contribution in [1.29, 1.82) is 0 Å². The summed E-state index contributed by atoms with van der Waals surface area (Å²) in [5, 5.41) is 7.30.